The summed E-state index contributed by atoms with van der Waals surface area (Å²) in [7, 11) is 0. The largest absolute Gasteiger partial charge is 0.480 e. The van der Waals surface area contributed by atoms with Gasteiger partial charge in [-0.3, -0.25) is 9.59 Å². The number of hydrazone groups is 1. The molecule has 1 rings (SSSR count). The summed E-state index contributed by atoms with van der Waals surface area (Å²) in [5, 5.41) is 12.4. The summed E-state index contributed by atoms with van der Waals surface area (Å²) in [5.41, 5.74) is 9.35. The monoisotopic (exact) mass is 249 g/mol. The van der Waals surface area contributed by atoms with Crippen molar-refractivity contribution in [3.05, 3.63) is 35.4 Å². The Morgan fingerprint density at radius 1 is 1.44 bits per heavy atom. The molecule has 0 aliphatic rings. The topological polar surface area (TPSA) is 105 Å². The highest BCUT2D eigenvalue weighted by atomic mass is 16.4. The Balaban J connectivity index is 2.60. The van der Waals surface area contributed by atoms with Crippen LogP contribution in [0.1, 0.15) is 18.1 Å². The number of aliphatic carboxylic acids is 1. The number of amides is 1. The van der Waals surface area contributed by atoms with Crippen LogP contribution in [0.25, 0.3) is 0 Å². The van der Waals surface area contributed by atoms with E-state index >= 15 is 0 Å². The number of carbonyl (C=O) groups is 2. The molecule has 0 fully saturated rings. The molecule has 6 nitrogen and oxygen atoms in total. The highest BCUT2D eigenvalue weighted by Gasteiger charge is 2.11. The first kappa shape index (κ1) is 13.9. The molecule has 0 radical (unpaired) electrons. The molecule has 0 saturated heterocycles. The van der Waals surface area contributed by atoms with Gasteiger partial charge in [0, 0.05) is 6.92 Å². The van der Waals surface area contributed by atoms with Gasteiger partial charge in [0.1, 0.15) is 6.04 Å². The third kappa shape index (κ3) is 4.75. The van der Waals surface area contributed by atoms with E-state index in [1.807, 2.05) is 0 Å². The van der Waals surface area contributed by atoms with E-state index in [2.05, 4.69) is 10.5 Å². The summed E-state index contributed by atoms with van der Waals surface area (Å²) in [4.78, 5) is 21.2. The molecule has 18 heavy (non-hydrogen) atoms. The SMILES string of the molecule is CC(=O)N/N=C\c1ccc(CC(N)C(=O)O)cc1. The zero-order chi connectivity index (χ0) is 13.5. The molecule has 0 bridgehead atoms. The normalized spacial score (nSPS) is 12.3. The van der Waals surface area contributed by atoms with Crippen LogP contribution in [0.15, 0.2) is 29.4 Å². The highest BCUT2D eigenvalue weighted by molar-refractivity contribution is 5.81. The van der Waals surface area contributed by atoms with Crippen LogP contribution in [0, 0.1) is 0 Å². The summed E-state index contributed by atoms with van der Waals surface area (Å²) >= 11 is 0. The molecule has 6 heteroatoms. The summed E-state index contributed by atoms with van der Waals surface area (Å²) in [5.74, 6) is -1.26. The molecule has 0 aliphatic heterocycles. The first-order valence-electron chi connectivity index (χ1n) is 5.36. The smallest absolute Gasteiger partial charge is 0.320 e. The molecule has 0 aliphatic carbocycles. The van der Waals surface area contributed by atoms with E-state index in [1.165, 1.54) is 13.1 Å². The van der Waals surface area contributed by atoms with Crippen LogP contribution in [0.5, 0.6) is 0 Å². The molecule has 1 amide bonds. The van der Waals surface area contributed by atoms with Gasteiger partial charge < -0.3 is 10.8 Å². The summed E-state index contributed by atoms with van der Waals surface area (Å²) < 4.78 is 0. The van der Waals surface area contributed by atoms with Crippen LogP contribution in [0.4, 0.5) is 0 Å². The van der Waals surface area contributed by atoms with Gasteiger partial charge in [0.05, 0.1) is 6.21 Å². The number of nitrogens with one attached hydrogen (secondary N) is 1. The van der Waals surface area contributed by atoms with Crippen molar-refractivity contribution in [3.63, 3.8) is 0 Å². The van der Waals surface area contributed by atoms with Gasteiger partial charge in [0.25, 0.3) is 0 Å². The highest BCUT2D eigenvalue weighted by Crippen LogP contribution is 2.05. The number of carboxylic acids is 1. The summed E-state index contributed by atoms with van der Waals surface area (Å²) in [6.07, 6.45) is 1.78. The third-order valence-electron chi connectivity index (χ3n) is 2.19. The minimum absolute atomic E-state index is 0.240. The quantitative estimate of drug-likeness (QED) is 0.508. The predicted molar refractivity (Wildman–Crippen MR) is 67.2 cm³/mol. The predicted octanol–water partition coefficient (Wildman–Crippen LogP) is 0.111. The first-order chi connectivity index (χ1) is 8.49. The molecule has 1 atom stereocenters. The lowest BCUT2D eigenvalue weighted by molar-refractivity contribution is -0.138. The zero-order valence-electron chi connectivity index (χ0n) is 9.96. The van der Waals surface area contributed by atoms with Gasteiger partial charge in [-0.05, 0) is 17.5 Å². The maximum absolute atomic E-state index is 10.6. The molecule has 0 saturated carbocycles. The van der Waals surface area contributed by atoms with E-state index in [-0.39, 0.29) is 12.3 Å². The number of hydrogen-bond donors (Lipinski definition) is 3. The van der Waals surface area contributed by atoms with Crippen molar-refractivity contribution in [1.29, 1.82) is 0 Å². The fourth-order valence-electron chi connectivity index (χ4n) is 1.28. The van der Waals surface area contributed by atoms with Crippen molar-refractivity contribution < 1.29 is 14.7 Å². The average molecular weight is 249 g/mol. The standard InChI is InChI=1S/C12H15N3O3/c1-8(16)15-14-7-10-4-2-9(3-5-10)6-11(13)12(17)18/h2-5,7,11H,6,13H2,1H3,(H,15,16)(H,17,18)/b14-7-. The molecule has 1 aromatic carbocycles. The van der Waals surface area contributed by atoms with Gasteiger partial charge in [0.15, 0.2) is 0 Å². The van der Waals surface area contributed by atoms with Gasteiger partial charge in [-0.1, -0.05) is 24.3 Å². The minimum atomic E-state index is -1.02. The van der Waals surface area contributed by atoms with Crippen molar-refractivity contribution in [2.75, 3.05) is 0 Å². The lowest BCUT2D eigenvalue weighted by Gasteiger charge is -2.06. The number of nitrogens with zero attached hydrogens (tertiary/aromatic N) is 1. The lowest BCUT2D eigenvalue weighted by atomic mass is 10.1. The van der Waals surface area contributed by atoms with Crippen molar-refractivity contribution >= 4 is 18.1 Å². The summed E-state index contributed by atoms with van der Waals surface area (Å²) in [6, 6.07) is 6.20. The van der Waals surface area contributed by atoms with Crippen LogP contribution in [-0.4, -0.2) is 29.2 Å². The van der Waals surface area contributed by atoms with Crippen molar-refractivity contribution in [2.24, 2.45) is 10.8 Å². The molecule has 0 aromatic heterocycles. The Kier molecular flexibility index (Phi) is 5.01. The van der Waals surface area contributed by atoms with Gasteiger partial charge in [-0.25, -0.2) is 5.43 Å². The van der Waals surface area contributed by atoms with Crippen LogP contribution < -0.4 is 11.2 Å². The van der Waals surface area contributed by atoms with E-state index in [9.17, 15) is 9.59 Å². The second-order valence-corrected chi connectivity index (χ2v) is 3.82. The van der Waals surface area contributed by atoms with Crippen LogP contribution in [0.2, 0.25) is 0 Å². The number of carboxylic acid groups (broad SMARTS) is 1. The number of carbonyl (C=O) groups excluding carboxylic acids is 1. The third-order valence-corrected chi connectivity index (χ3v) is 2.19. The van der Waals surface area contributed by atoms with Gasteiger partial charge >= 0.3 is 5.97 Å². The Morgan fingerprint density at radius 3 is 2.56 bits per heavy atom. The van der Waals surface area contributed by atoms with E-state index in [0.29, 0.717) is 0 Å². The van der Waals surface area contributed by atoms with E-state index in [0.717, 1.165) is 11.1 Å². The molecular weight excluding hydrogens is 234 g/mol. The molecule has 1 unspecified atom stereocenters. The van der Waals surface area contributed by atoms with Gasteiger partial charge in [-0.15, -0.1) is 0 Å². The molecule has 4 N–H and O–H groups in total. The van der Waals surface area contributed by atoms with Crippen molar-refractivity contribution in [2.45, 2.75) is 19.4 Å². The zero-order valence-corrected chi connectivity index (χ0v) is 9.96. The lowest BCUT2D eigenvalue weighted by Crippen LogP contribution is -2.32. The van der Waals surface area contributed by atoms with Crippen LogP contribution in [0.3, 0.4) is 0 Å². The van der Waals surface area contributed by atoms with Crippen molar-refractivity contribution in [1.82, 2.24) is 5.43 Å². The Labute approximate surface area is 104 Å². The average Bonchev–Trinajstić information content (AvgIpc) is 2.30. The Morgan fingerprint density at radius 2 is 2.06 bits per heavy atom. The van der Waals surface area contributed by atoms with Crippen LogP contribution >= 0.6 is 0 Å². The molecule has 96 valence electrons. The van der Waals surface area contributed by atoms with E-state index in [1.54, 1.807) is 24.3 Å². The first-order valence-corrected chi connectivity index (χ1v) is 5.36. The van der Waals surface area contributed by atoms with Crippen molar-refractivity contribution in [3.8, 4) is 0 Å². The number of rotatable bonds is 5. The fourth-order valence-corrected chi connectivity index (χ4v) is 1.28. The van der Waals surface area contributed by atoms with Gasteiger partial charge in [-0.2, -0.15) is 5.10 Å². The second kappa shape index (κ2) is 6.51. The fraction of sp³-hybridized carbons (Fsp3) is 0.250. The van der Waals surface area contributed by atoms with E-state index < -0.39 is 12.0 Å². The summed E-state index contributed by atoms with van der Waals surface area (Å²) in [6.45, 7) is 1.37. The molecule has 0 heterocycles. The molecular formula is C12H15N3O3. The van der Waals surface area contributed by atoms with E-state index in [4.69, 9.17) is 10.8 Å². The maximum Gasteiger partial charge on any atom is 0.320 e. The molecule has 0 spiro atoms. The molecule has 1 aromatic rings. The van der Waals surface area contributed by atoms with Gasteiger partial charge in [0.2, 0.25) is 5.91 Å². The van der Waals surface area contributed by atoms with Crippen LogP contribution in [-0.2, 0) is 16.0 Å². The second-order valence-electron chi connectivity index (χ2n) is 3.82. The maximum atomic E-state index is 10.6. The Bertz CT molecular complexity index is 454. The number of nitrogens with two attached hydrogens (primary N) is 1. The minimum Gasteiger partial charge on any atom is -0.480 e. The Hall–Kier alpha value is -2.21. The number of benzene rings is 1. The number of hydrogen-bond acceptors (Lipinski definition) is 4.